The Balaban J connectivity index is 1.82. The van der Waals surface area contributed by atoms with Crippen LogP contribution in [0.25, 0.3) is 0 Å². The zero-order valence-electron chi connectivity index (χ0n) is 10.7. The number of thioether (sulfide) groups is 1. The summed E-state index contributed by atoms with van der Waals surface area (Å²) < 4.78 is 5.38. The molecule has 0 aliphatic heterocycles. The van der Waals surface area contributed by atoms with Gasteiger partial charge in [0.25, 0.3) is 0 Å². The first-order valence-electron chi connectivity index (χ1n) is 6.03. The van der Waals surface area contributed by atoms with Crippen LogP contribution in [0.5, 0.6) is 0 Å². The van der Waals surface area contributed by atoms with Crippen molar-refractivity contribution in [3.8, 4) is 0 Å². The largest absolute Gasteiger partial charge is 0.457 e. The zero-order chi connectivity index (χ0) is 13.5. The molecule has 0 aliphatic carbocycles. The van der Waals surface area contributed by atoms with Crippen LogP contribution in [0, 0.1) is 0 Å². The summed E-state index contributed by atoms with van der Waals surface area (Å²) in [4.78, 5) is 16.7. The van der Waals surface area contributed by atoms with Gasteiger partial charge in [0.05, 0.1) is 5.75 Å². The number of nitrogens with zero attached hydrogens (tertiary/aromatic N) is 1. The SMILES string of the molecule is CC(OC(=O)CSc1ccncc1)c1ccccc1. The maximum Gasteiger partial charge on any atom is 0.316 e. The molecule has 1 aromatic heterocycles. The third-order valence-electron chi connectivity index (χ3n) is 2.58. The Morgan fingerprint density at radius 3 is 2.58 bits per heavy atom. The first-order chi connectivity index (χ1) is 9.25. The van der Waals surface area contributed by atoms with Crippen LogP contribution in [0.4, 0.5) is 0 Å². The predicted octanol–water partition coefficient (Wildman–Crippen LogP) is 3.48. The quantitative estimate of drug-likeness (QED) is 0.617. The first-order valence-corrected chi connectivity index (χ1v) is 7.01. The number of esters is 1. The molecule has 0 spiro atoms. The van der Waals surface area contributed by atoms with Crippen molar-refractivity contribution in [2.24, 2.45) is 0 Å². The molecule has 0 amide bonds. The summed E-state index contributed by atoms with van der Waals surface area (Å²) >= 11 is 1.45. The minimum Gasteiger partial charge on any atom is -0.457 e. The molecule has 1 aromatic carbocycles. The van der Waals surface area contributed by atoms with Crippen molar-refractivity contribution < 1.29 is 9.53 Å². The van der Waals surface area contributed by atoms with Gasteiger partial charge < -0.3 is 4.74 Å². The number of rotatable bonds is 5. The van der Waals surface area contributed by atoms with Gasteiger partial charge >= 0.3 is 5.97 Å². The molecule has 2 aromatic rings. The number of benzene rings is 1. The molecule has 19 heavy (non-hydrogen) atoms. The van der Waals surface area contributed by atoms with Crippen molar-refractivity contribution in [2.45, 2.75) is 17.9 Å². The Hall–Kier alpha value is -1.81. The van der Waals surface area contributed by atoms with Crippen LogP contribution in [0.1, 0.15) is 18.6 Å². The van der Waals surface area contributed by atoms with Crippen LogP contribution in [-0.4, -0.2) is 16.7 Å². The molecule has 0 radical (unpaired) electrons. The third-order valence-corrected chi connectivity index (χ3v) is 3.57. The first kappa shape index (κ1) is 13.6. The molecule has 3 nitrogen and oxygen atoms in total. The maximum atomic E-state index is 11.7. The normalized spacial score (nSPS) is 11.8. The minimum atomic E-state index is -0.216. The second-order valence-corrected chi connectivity index (χ2v) is 5.06. The van der Waals surface area contributed by atoms with Crippen molar-refractivity contribution in [3.05, 3.63) is 60.4 Å². The number of hydrogen-bond donors (Lipinski definition) is 0. The van der Waals surface area contributed by atoms with Crippen LogP contribution in [0.3, 0.4) is 0 Å². The average molecular weight is 273 g/mol. The maximum absolute atomic E-state index is 11.7. The summed E-state index contributed by atoms with van der Waals surface area (Å²) in [5.41, 5.74) is 1.00. The Morgan fingerprint density at radius 1 is 1.21 bits per heavy atom. The van der Waals surface area contributed by atoms with Gasteiger partial charge in [0.15, 0.2) is 0 Å². The van der Waals surface area contributed by atoms with Crippen molar-refractivity contribution in [3.63, 3.8) is 0 Å². The molecule has 4 heteroatoms. The Morgan fingerprint density at radius 2 is 1.89 bits per heavy atom. The monoisotopic (exact) mass is 273 g/mol. The van der Waals surface area contributed by atoms with Gasteiger partial charge in [-0.25, -0.2) is 0 Å². The highest BCUT2D eigenvalue weighted by molar-refractivity contribution is 8.00. The third kappa shape index (κ3) is 4.41. The fourth-order valence-corrected chi connectivity index (χ4v) is 2.27. The van der Waals surface area contributed by atoms with E-state index in [0.717, 1.165) is 10.5 Å². The molecule has 98 valence electrons. The predicted molar refractivity (Wildman–Crippen MR) is 75.9 cm³/mol. The van der Waals surface area contributed by atoms with Crippen LogP contribution >= 0.6 is 11.8 Å². The molecule has 0 bridgehead atoms. The highest BCUT2D eigenvalue weighted by Gasteiger charge is 2.11. The van der Waals surface area contributed by atoms with Crippen molar-refractivity contribution in [2.75, 3.05) is 5.75 Å². The highest BCUT2D eigenvalue weighted by Crippen LogP contribution is 2.20. The summed E-state index contributed by atoms with van der Waals surface area (Å²) in [5.74, 6) is 0.0967. The lowest BCUT2D eigenvalue weighted by Crippen LogP contribution is -2.10. The van der Waals surface area contributed by atoms with E-state index in [9.17, 15) is 4.79 Å². The molecule has 0 N–H and O–H groups in total. The van der Waals surface area contributed by atoms with E-state index < -0.39 is 0 Å². The molecular formula is C15H15NO2S. The standard InChI is InChI=1S/C15H15NO2S/c1-12(13-5-3-2-4-6-13)18-15(17)11-19-14-7-9-16-10-8-14/h2-10,12H,11H2,1H3. The summed E-state index contributed by atoms with van der Waals surface area (Å²) in [6, 6.07) is 13.5. The van der Waals surface area contributed by atoms with E-state index in [1.807, 2.05) is 49.4 Å². The van der Waals surface area contributed by atoms with Crippen LogP contribution in [0.2, 0.25) is 0 Å². The van der Waals surface area contributed by atoms with E-state index >= 15 is 0 Å². The van der Waals surface area contributed by atoms with Crippen LogP contribution in [-0.2, 0) is 9.53 Å². The average Bonchev–Trinajstić information content (AvgIpc) is 2.47. The van der Waals surface area contributed by atoms with Gasteiger partial charge in [0.1, 0.15) is 6.10 Å². The van der Waals surface area contributed by atoms with E-state index in [1.165, 1.54) is 11.8 Å². The van der Waals surface area contributed by atoms with Gasteiger partial charge in [0, 0.05) is 17.3 Å². The molecule has 2 rings (SSSR count). The Kier molecular flexibility index (Phi) is 4.98. The number of carbonyl (C=O) groups is 1. The lowest BCUT2D eigenvalue weighted by Gasteiger charge is -2.13. The highest BCUT2D eigenvalue weighted by atomic mass is 32.2. The molecule has 0 aliphatic rings. The number of pyridine rings is 1. The van der Waals surface area contributed by atoms with E-state index in [4.69, 9.17) is 4.74 Å². The van der Waals surface area contributed by atoms with E-state index in [1.54, 1.807) is 12.4 Å². The summed E-state index contributed by atoms with van der Waals surface area (Å²) in [7, 11) is 0. The molecule has 0 fully saturated rings. The molecular weight excluding hydrogens is 258 g/mol. The number of carbonyl (C=O) groups excluding carboxylic acids is 1. The van der Waals surface area contributed by atoms with Gasteiger partial charge in [0.2, 0.25) is 0 Å². The molecule has 1 heterocycles. The number of aromatic nitrogens is 1. The molecule has 0 saturated carbocycles. The lowest BCUT2D eigenvalue weighted by atomic mass is 10.1. The number of hydrogen-bond acceptors (Lipinski definition) is 4. The van der Waals surface area contributed by atoms with E-state index in [2.05, 4.69) is 4.98 Å². The second kappa shape index (κ2) is 6.95. The van der Waals surface area contributed by atoms with Crippen molar-refractivity contribution >= 4 is 17.7 Å². The van der Waals surface area contributed by atoms with Gasteiger partial charge in [-0.05, 0) is 24.6 Å². The zero-order valence-corrected chi connectivity index (χ0v) is 11.5. The Bertz CT molecular complexity index is 516. The fraction of sp³-hybridized carbons (Fsp3) is 0.200. The second-order valence-electron chi connectivity index (χ2n) is 4.01. The summed E-state index contributed by atoms with van der Waals surface area (Å²) in [5, 5.41) is 0. The van der Waals surface area contributed by atoms with Gasteiger partial charge in [-0.3, -0.25) is 9.78 Å². The lowest BCUT2D eigenvalue weighted by molar-refractivity contribution is -0.145. The van der Waals surface area contributed by atoms with E-state index in [-0.39, 0.29) is 12.1 Å². The van der Waals surface area contributed by atoms with Crippen molar-refractivity contribution in [1.82, 2.24) is 4.98 Å². The topological polar surface area (TPSA) is 39.2 Å². The van der Waals surface area contributed by atoms with Crippen LogP contribution < -0.4 is 0 Å². The Labute approximate surface area is 117 Å². The van der Waals surface area contributed by atoms with Gasteiger partial charge in [-0.1, -0.05) is 30.3 Å². The van der Waals surface area contributed by atoms with E-state index in [0.29, 0.717) is 5.75 Å². The smallest absolute Gasteiger partial charge is 0.316 e. The van der Waals surface area contributed by atoms with Crippen LogP contribution in [0.15, 0.2) is 59.8 Å². The molecule has 1 atom stereocenters. The minimum absolute atomic E-state index is 0.210. The van der Waals surface area contributed by atoms with Crippen molar-refractivity contribution in [1.29, 1.82) is 0 Å². The molecule has 0 saturated heterocycles. The number of ether oxygens (including phenoxy) is 1. The molecule has 1 unspecified atom stereocenters. The summed E-state index contributed by atoms with van der Waals surface area (Å²) in [6.45, 7) is 1.88. The summed E-state index contributed by atoms with van der Waals surface area (Å²) in [6.07, 6.45) is 3.20. The van der Waals surface area contributed by atoms with Gasteiger partial charge in [-0.15, -0.1) is 11.8 Å². The fourth-order valence-electron chi connectivity index (χ4n) is 1.60. The van der Waals surface area contributed by atoms with Gasteiger partial charge in [-0.2, -0.15) is 0 Å².